The third-order valence-corrected chi connectivity index (χ3v) is 4.13. The minimum absolute atomic E-state index is 0.242. The Kier molecular flexibility index (Phi) is 5.01. The number of ether oxygens (including phenoxy) is 1. The van der Waals surface area contributed by atoms with Crippen molar-refractivity contribution in [1.29, 1.82) is 0 Å². The molecule has 1 unspecified atom stereocenters. The summed E-state index contributed by atoms with van der Waals surface area (Å²) >= 11 is 1.62. The molecule has 0 saturated carbocycles. The van der Waals surface area contributed by atoms with Gasteiger partial charge in [0.1, 0.15) is 5.82 Å². The highest BCUT2D eigenvalue weighted by Gasteiger charge is 2.22. The largest absolute Gasteiger partial charge is 0.384 e. The first-order valence-corrected chi connectivity index (χ1v) is 7.63. The fourth-order valence-corrected chi connectivity index (χ4v) is 3.02. The average Bonchev–Trinajstić information content (AvgIpc) is 2.35. The van der Waals surface area contributed by atoms with Gasteiger partial charge in [-0.05, 0) is 20.8 Å². The average molecular weight is 282 g/mol. The number of hydrogen-bond donors (Lipinski definition) is 1. The number of nitrogen functional groups attached to an aromatic ring is 1. The topological polar surface area (TPSA) is 64.3 Å². The van der Waals surface area contributed by atoms with E-state index in [1.807, 2.05) is 6.92 Å². The van der Waals surface area contributed by atoms with Gasteiger partial charge in [0, 0.05) is 36.6 Å². The van der Waals surface area contributed by atoms with Crippen molar-refractivity contribution in [2.75, 3.05) is 31.2 Å². The normalized spacial score (nSPS) is 20.9. The van der Waals surface area contributed by atoms with Gasteiger partial charge >= 0.3 is 0 Å². The Morgan fingerprint density at radius 2 is 2.32 bits per heavy atom. The van der Waals surface area contributed by atoms with Gasteiger partial charge in [-0.2, -0.15) is 0 Å². The van der Waals surface area contributed by atoms with E-state index in [1.54, 1.807) is 17.8 Å². The molecule has 1 aliphatic heterocycles. The van der Waals surface area contributed by atoms with Crippen molar-refractivity contribution >= 4 is 17.6 Å². The van der Waals surface area contributed by atoms with Crippen molar-refractivity contribution in [1.82, 2.24) is 14.9 Å². The minimum Gasteiger partial charge on any atom is -0.384 e. The number of anilines is 1. The molecule has 6 heteroatoms. The summed E-state index contributed by atoms with van der Waals surface area (Å²) in [4.78, 5) is 11.1. The second-order valence-electron chi connectivity index (χ2n) is 5.11. The van der Waals surface area contributed by atoms with Crippen LogP contribution in [0.2, 0.25) is 0 Å². The first-order chi connectivity index (χ1) is 9.04. The van der Waals surface area contributed by atoms with E-state index in [9.17, 15) is 0 Å². The molecule has 1 saturated heterocycles. The van der Waals surface area contributed by atoms with Crippen LogP contribution in [0.1, 0.15) is 19.5 Å². The Labute approximate surface area is 118 Å². The van der Waals surface area contributed by atoms with Crippen LogP contribution in [0.25, 0.3) is 0 Å². The monoisotopic (exact) mass is 282 g/mol. The van der Waals surface area contributed by atoms with E-state index >= 15 is 0 Å². The highest BCUT2D eigenvalue weighted by Crippen LogP contribution is 2.19. The molecular formula is C13H22N4OS. The number of hydrogen-bond acceptors (Lipinski definition) is 6. The number of thioether (sulfide) groups is 1. The molecule has 0 bridgehead atoms. The lowest BCUT2D eigenvalue weighted by molar-refractivity contribution is -0.0265. The van der Waals surface area contributed by atoms with Crippen LogP contribution in [0.4, 0.5) is 5.82 Å². The molecule has 1 atom stereocenters. The standard InChI is InChI=1S/C13H22N4OS/c1-9(2)17-4-5-18-11(7-17)8-19-13-15-10(3)6-12(14)16-13/h6,9,11H,4-5,7-8H2,1-3H3,(H2,14,15,16). The van der Waals surface area contributed by atoms with E-state index in [-0.39, 0.29) is 6.10 Å². The van der Waals surface area contributed by atoms with Crippen molar-refractivity contribution in [3.8, 4) is 0 Å². The van der Waals surface area contributed by atoms with Gasteiger partial charge < -0.3 is 10.5 Å². The number of morpholine rings is 1. The smallest absolute Gasteiger partial charge is 0.189 e. The molecule has 2 rings (SSSR count). The fraction of sp³-hybridized carbons (Fsp3) is 0.692. The molecule has 0 radical (unpaired) electrons. The van der Waals surface area contributed by atoms with E-state index < -0.39 is 0 Å². The molecule has 1 fully saturated rings. The maximum Gasteiger partial charge on any atom is 0.189 e. The van der Waals surface area contributed by atoms with Gasteiger partial charge in [-0.15, -0.1) is 0 Å². The van der Waals surface area contributed by atoms with Gasteiger partial charge in [0.25, 0.3) is 0 Å². The molecule has 0 aromatic carbocycles. The zero-order chi connectivity index (χ0) is 13.8. The summed E-state index contributed by atoms with van der Waals surface area (Å²) in [6.45, 7) is 9.18. The molecule has 0 amide bonds. The Bertz CT molecular complexity index is 407. The van der Waals surface area contributed by atoms with Crippen LogP contribution in [0.15, 0.2) is 11.2 Å². The van der Waals surface area contributed by atoms with Crippen molar-refractivity contribution in [3.63, 3.8) is 0 Å². The zero-order valence-corrected chi connectivity index (χ0v) is 12.6. The lowest BCUT2D eigenvalue weighted by atomic mass is 10.2. The van der Waals surface area contributed by atoms with Crippen molar-refractivity contribution < 1.29 is 4.74 Å². The van der Waals surface area contributed by atoms with Crippen LogP contribution in [-0.2, 0) is 4.74 Å². The minimum atomic E-state index is 0.242. The van der Waals surface area contributed by atoms with Crippen LogP contribution < -0.4 is 5.73 Å². The summed E-state index contributed by atoms with van der Waals surface area (Å²) in [6, 6.07) is 2.35. The molecule has 106 valence electrons. The van der Waals surface area contributed by atoms with Gasteiger partial charge in [-0.25, -0.2) is 9.97 Å². The number of nitrogens with zero attached hydrogens (tertiary/aromatic N) is 3. The maximum absolute atomic E-state index is 5.79. The van der Waals surface area contributed by atoms with Gasteiger partial charge in [0.15, 0.2) is 5.16 Å². The molecule has 2 heterocycles. The molecule has 1 aliphatic rings. The van der Waals surface area contributed by atoms with Crippen molar-refractivity contribution in [2.45, 2.75) is 38.1 Å². The quantitative estimate of drug-likeness (QED) is 0.668. The fourth-order valence-electron chi connectivity index (χ4n) is 2.11. The predicted octanol–water partition coefficient (Wildman–Crippen LogP) is 1.57. The van der Waals surface area contributed by atoms with Gasteiger partial charge in [-0.1, -0.05) is 11.8 Å². The summed E-state index contributed by atoms with van der Waals surface area (Å²) in [7, 11) is 0. The second-order valence-corrected chi connectivity index (χ2v) is 6.10. The van der Waals surface area contributed by atoms with Crippen LogP contribution >= 0.6 is 11.8 Å². The Morgan fingerprint density at radius 3 is 3.00 bits per heavy atom. The highest BCUT2D eigenvalue weighted by molar-refractivity contribution is 7.99. The number of aromatic nitrogens is 2. The third-order valence-electron chi connectivity index (χ3n) is 3.15. The van der Waals surface area contributed by atoms with E-state index in [2.05, 4.69) is 28.7 Å². The first kappa shape index (κ1) is 14.6. The second kappa shape index (κ2) is 6.54. The van der Waals surface area contributed by atoms with Crippen LogP contribution in [-0.4, -0.2) is 52.5 Å². The van der Waals surface area contributed by atoms with Gasteiger partial charge in [0.05, 0.1) is 12.7 Å². The first-order valence-electron chi connectivity index (χ1n) is 6.64. The number of nitrogens with two attached hydrogens (primary N) is 1. The molecule has 0 spiro atoms. The molecule has 0 aliphatic carbocycles. The van der Waals surface area contributed by atoms with Crippen LogP contribution in [0.5, 0.6) is 0 Å². The van der Waals surface area contributed by atoms with Crippen LogP contribution in [0.3, 0.4) is 0 Å². The molecular weight excluding hydrogens is 260 g/mol. The summed E-state index contributed by atoms with van der Waals surface area (Å²) in [6.07, 6.45) is 0.242. The SMILES string of the molecule is Cc1cc(N)nc(SCC2CN(C(C)C)CCO2)n1. The summed E-state index contributed by atoms with van der Waals surface area (Å²) in [5.41, 5.74) is 6.63. The van der Waals surface area contributed by atoms with Crippen molar-refractivity contribution in [2.24, 2.45) is 0 Å². The molecule has 2 N–H and O–H groups in total. The Hall–Kier alpha value is -0.850. The van der Waals surface area contributed by atoms with Gasteiger partial charge in [0.2, 0.25) is 0 Å². The highest BCUT2D eigenvalue weighted by atomic mass is 32.2. The van der Waals surface area contributed by atoms with E-state index in [1.165, 1.54) is 0 Å². The van der Waals surface area contributed by atoms with E-state index in [0.717, 1.165) is 36.3 Å². The zero-order valence-electron chi connectivity index (χ0n) is 11.8. The van der Waals surface area contributed by atoms with Gasteiger partial charge in [-0.3, -0.25) is 4.90 Å². The lowest BCUT2D eigenvalue weighted by Crippen LogP contribution is -2.46. The lowest BCUT2D eigenvalue weighted by Gasteiger charge is -2.35. The molecule has 1 aromatic heterocycles. The number of aryl methyl sites for hydroxylation is 1. The predicted molar refractivity (Wildman–Crippen MR) is 78.4 cm³/mol. The third kappa shape index (κ3) is 4.33. The summed E-state index contributed by atoms with van der Waals surface area (Å²) in [5, 5.41) is 0.739. The van der Waals surface area contributed by atoms with Crippen molar-refractivity contribution in [3.05, 3.63) is 11.8 Å². The maximum atomic E-state index is 5.79. The molecule has 19 heavy (non-hydrogen) atoms. The van der Waals surface area contributed by atoms with Crippen LogP contribution in [0, 0.1) is 6.92 Å². The summed E-state index contributed by atoms with van der Waals surface area (Å²) < 4.78 is 5.79. The van der Waals surface area contributed by atoms with E-state index in [4.69, 9.17) is 10.5 Å². The van der Waals surface area contributed by atoms with E-state index in [0.29, 0.717) is 11.9 Å². The Balaban J connectivity index is 1.87. The molecule has 5 nitrogen and oxygen atoms in total. The summed E-state index contributed by atoms with van der Waals surface area (Å²) in [5.74, 6) is 1.40. The Morgan fingerprint density at radius 1 is 1.53 bits per heavy atom. The molecule has 1 aromatic rings. The number of rotatable bonds is 4.